The Morgan fingerprint density at radius 1 is 1.42 bits per heavy atom. The first-order valence-electron chi connectivity index (χ1n) is 4.33. The minimum atomic E-state index is 0.192. The van der Waals surface area contributed by atoms with Crippen LogP contribution in [0.25, 0.3) is 0 Å². The second kappa shape index (κ2) is 7.28. The van der Waals surface area contributed by atoms with Crippen LogP contribution in [0.2, 0.25) is 0 Å². The molecule has 3 nitrogen and oxygen atoms in total. The number of nitrogens with two attached hydrogens (primary N) is 2. The van der Waals surface area contributed by atoms with Gasteiger partial charge in [0, 0.05) is 6.54 Å². The van der Waals surface area contributed by atoms with Crippen LogP contribution in [-0.4, -0.2) is 18.3 Å². The minimum absolute atomic E-state index is 0.192. The van der Waals surface area contributed by atoms with Crippen molar-refractivity contribution >= 4 is 18.6 Å². The van der Waals surface area contributed by atoms with Gasteiger partial charge < -0.3 is 11.5 Å². The van der Waals surface area contributed by atoms with Crippen LogP contribution in [0.5, 0.6) is 0 Å². The van der Waals surface area contributed by atoms with Gasteiger partial charge in [-0.25, -0.2) is 0 Å². The molecule has 0 aromatic heterocycles. The Hall–Kier alpha value is -0.380. The summed E-state index contributed by atoms with van der Waals surface area (Å²) < 4.78 is 0. The summed E-state index contributed by atoms with van der Waals surface area (Å²) in [5.41, 5.74) is 10.4. The van der Waals surface area contributed by atoms with Crippen molar-refractivity contribution in [3.05, 3.63) is 0 Å². The topological polar surface area (TPSA) is 64.4 Å². The van der Waals surface area contributed by atoms with E-state index in [0.29, 0.717) is 0 Å². The second-order valence-electron chi connectivity index (χ2n) is 3.07. The Morgan fingerprint density at radius 3 is 2.58 bits per heavy atom. The Morgan fingerprint density at radius 2 is 2.08 bits per heavy atom. The van der Waals surface area contributed by atoms with Crippen LogP contribution >= 0.6 is 12.6 Å². The fourth-order valence-electron chi connectivity index (χ4n) is 1.01. The molecule has 1 unspecified atom stereocenters. The molecule has 0 saturated carbocycles. The summed E-state index contributed by atoms with van der Waals surface area (Å²) in [6, 6.07) is 0. The first-order valence-corrected chi connectivity index (χ1v) is 4.96. The number of aliphatic imine (C=N–C) groups is 1. The lowest BCUT2D eigenvalue weighted by atomic mass is 10.0. The summed E-state index contributed by atoms with van der Waals surface area (Å²) in [5, 5.41) is 0. The summed E-state index contributed by atoms with van der Waals surface area (Å²) in [6.45, 7) is 2.98. The fourth-order valence-corrected chi connectivity index (χ4v) is 1.45. The molecule has 0 fully saturated rings. The molecule has 12 heavy (non-hydrogen) atoms. The van der Waals surface area contributed by atoms with Crippen molar-refractivity contribution in [3.63, 3.8) is 0 Å². The van der Waals surface area contributed by atoms with Crippen molar-refractivity contribution in [1.82, 2.24) is 0 Å². The number of guanidine groups is 1. The quantitative estimate of drug-likeness (QED) is 0.252. The molecule has 4 heteroatoms. The van der Waals surface area contributed by atoms with Gasteiger partial charge in [0.05, 0.1) is 0 Å². The summed E-state index contributed by atoms with van der Waals surface area (Å²) in [6.07, 6.45) is 3.41. The van der Waals surface area contributed by atoms with Crippen LogP contribution < -0.4 is 11.5 Å². The first-order chi connectivity index (χ1) is 5.66. The highest BCUT2D eigenvalue weighted by atomic mass is 32.1. The maximum absolute atomic E-state index is 5.18. The second-order valence-corrected chi connectivity index (χ2v) is 3.51. The van der Waals surface area contributed by atoms with Gasteiger partial charge in [-0.3, -0.25) is 4.99 Å². The van der Waals surface area contributed by atoms with Gasteiger partial charge in [0.2, 0.25) is 0 Å². The standard InChI is InChI=1S/C8H19N3S/c1-7(4-6-12)3-2-5-11-8(9)10/h7,12H,2-6H2,1H3,(H4,9,10,11). The van der Waals surface area contributed by atoms with Crippen molar-refractivity contribution < 1.29 is 0 Å². The third kappa shape index (κ3) is 7.72. The summed E-state index contributed by atoms with van der Waals surface area (Å²) >= 11 is 4.17. The van der Waals surface area contributed by atoms with E-state index < -0.39 is 0 Å². The summed E-state index contributed by atoms with van der Waals surface area (Å²) in [4.78, 5) is 3.91. The monoisotopic (exact) mass is 189 g/mol. The molecule has 4 N–H and O–H groups in total. The molecule has 0 heterocycles. The molecule has 0 aromatic rings. The van der Waals surface area contributed by atoms with Crippen LogP contribution in [0.15, 0.2) is 4.99 Å². The molecule has 0 radical (unpaired) electrons. The van der Waals surface area contributed by atoms with Crippen molar-refractivity contribution in [3.8, 4) is 0 Å². The largest absolute Gasteiger partial charge is 0.370 e. The van der Waals surface area contributed by atoms with E-state index in [1.165, 1.54) is 12.8 Å². The lowest BCUT2D eigenvalue weighted by molar-refractivity contribution is 0.504. The van der Waals surface area contributed by atoms with Crippen LogP contribution in [0.1, 0.15) is 26.2 Å². The summed E-state index contributed by atoms with van der Waals surface area (Å²) in [5.74, 6) is 1.89. The van der Waals surface area contributed by atoms with Gasteiger partial charge in [0.25, 0.3) is 0 Å². The molecule has 0 aliphatic carbocycles. The molecule has 72 valence electrons. The van der Waals surface area contributed by atoms with E-state index >= 15 is 0 Å². The Bertz CT molecular complexity index is 132. The highest BCUT2D eigenvalue weighted by Gasteiger charge is 1.99. The minimum Gasteiger partial charge on any atom is -0.370 e. The predicted octanol–water partition coefficient (Wildman–Crippen LogP) is 0.996. The lowest BCUT2D eigenvalue weighted by Gasteiger charge is -2.07. The van der Waals surface area contributed by atoms with Gasteiger partial charge >= 0.3 is 0 Å². The molecule has 0 saturated heterocycles. The zero-order valence-electron chi connectivity index (χ0n) is 7.66. The number of hydrogen-bond acceptors (Lipinski definition) is 2. The van der Waals surface area contributed by atoms with Gasteiger partial charge in [0.1, 0.15) is 0 Å². The third-order valence-corrected chi connectivity index (χ3v) is 2.03. The predicted molar refractivity (Wildman–Crippen MR) is 57.5 cm³/mol. The zero-order valence-corrected chi connectivity index (χ0v) is 8.56. The van der Waals surface area contributed by atoms with Gasteiger partial charge in [-0.1, -0.05) is 6.92 Å². The van der Waals surface area contributed by atoms with Crippen LogP contribution in [0, 0.1) is 5.92 Å². The average molecular weight is 189 g/mol. The normalized spacial score (nSPS) is 12.5. The number of nitrogens with zero attached hydrogens (tertiary/aromatic N) is 1. The van der Waals surface area contributed by atoms with Crippen molar-refractivity contribution in [2.24, 2.45) is 22.4 Å². The van der Waals surface area contributed by atoms with Crippen molar-refractivity contribution in [2.75, 3.05) is 12.3 Å². The summed E-state index contributed by atoms with van der Waals surface area (Å²) in [7, 11) is 0. The molecule has 0 aliphatic rings. The van der Waals surface area contributed by atoms with E-state index in [-0.39, 0.29) is 5.96 Å². The zero-order chi connectivity index (χ0) is 9.40. The number of hydrogen-bond donors (Lipinski definition) is 3. The molecule has 0 rings (SSSR count). The van der Waals surface area contributed by atoms with E-state index in [2.05, 4.69) is 24.5 Å². The molecule has 0 bridgehead atoms. The third-order valence-electron chi connectivity index (χ3n) is 1.77. The first kappa shape index (κ1) is 11.6. The Balaban J connectivity index is 3.25. The van der Waals surface area contributed by atoms with Gasteiger partial charge in [0.15, 0.2) is 5.96 Å². The highest BCUT2D eigenvalue weighted by molar-refractivity contribution is 7.80. The fraction of sp³-hybridized carbons (Fsp3) is 0.875. The van der Waals surface area contributed by atoms with Gasteiger partial charge in [-0.2, -0.15) is 12.6 Å². The van der Waals surface area contributed by atoms with Gasteiger partial charge in [-0.05, 0) is 30.9 Å². The average Bonchev–Trinajstić information content (AvgIpc) is 1.98. The highest BCUT2D eigenvalue weighted by Crippen LogP contribution is 2.10. The number of thiol groups is 1. The SMILES string of the molecule is CC(CCS)CCCN=C(N)N. The van der Waals surface area contributed by atoms with Crippen LogP contribution in [0.4, 0.5) is 0 Å². The Kier molecular flexibility index (Phi) is 7.05. The van der Waals surface area contributed by atoms with E-state index in [1.807, 2.05) is 0 Å². The molecule has 0 amide bonds. The van der Waals surface area contributed by atoms with Crippen molar-refractivity contribution in [1.29, 1.82) is 0 Å². The molecule has 0 aromatic carbocycles. The maximum Gasteiger partial charge on any atom is 0.185 e. The lowest BCUT2D eigenvalue weighted by Crippen LogP contribution is -2.23. The molecular weight excluding hydrogens is 170 g/mol. The van der Waals surface area contributed by atoms with E-state index in [1.54, 1.807) is 0 Å². The van der Waals surface area contributed by atoms with Crippen LogP contribution in [0.3, 0.4) is 0 Å². The smallest absolute Gasteiger partial charge is 0.185 e. The van der Waals surface area contributed by atoms with E-state index in [4.69, 9.17) is 11.5 Å². The number of rotatable bonds is 6. The molecule has 0 spiro atoms. The van der Waals surface area contributed by atoms with Crippen LogP contribution in [-0.2, 0) is 0 Å². The maximum atomic E-state index is 5.18. The van der Waals surface area contributed by atoms with E-state index in [0.717, 1.165) is 24.6 Å². The Labute approximate surface area is 80.0 Å². The molecule has 0 aliphatic heterocycles. The van der Waals surface area contributed by atoms with Gasteiger partial charge in [-0.15, -0.1) is 0 Å². The molecular formula is C8H19N3S. The molecule has 1 atom stereocenters. The van der Waals surface area contributed by atoms with E-state index in [9.17, 15) is 0 Å². The van der Waals surface area contributed by atoms with Crippen molar-refractivity contribution in [2.45, 2.75) is 26.2 Å².